The van der Waals surface area contributed by atoms with Crippen molar-refractivity contribution < 1.29 is 14.3 Å². The molecule has 0 aromatic heterocycles. The fourth-order valence-electron chi connectivity index (χ4n) is 3.82. The Morgan fingerprint density at radius 1 is 1.28 bits per heavy atom. The highest BCUT2D eigenvalue weighted by molar-refractivity contribution is 5.99. The molecule has 25 heavy (non-hydrogen) atoms. The summed E-state index contributed by atoms with van der Waals surface area (Å²) in [5.74, 6) is 0.991. The van der Waals surface area contributed by atoms with Crippen molar-refractivity contribution in [3.05, 3.63) is 18.2 Å². The number of amides is 2. The number of carbonyl (C=O) groups is 2. The number of methoxy groups -OCH3 is 1. The lowest BCUT2D eigenvalue weighted by molar-refractivity contribution is -0.130. The number of nitrogens with two attached hydrogens (primary N) is 1. The highest BCUT2D eigenvalue weighted by Gasteiger charge is 2.38. The van der Waals surface area contributed by atoms with Crippen LogP contribution in [0.25, 0.3) is 0 Å². The summed E-state index contributed by atoms with van der Waals surface area (Å²) in [7, 11) is 1.57. The van der Waals surface area contributed by atoms with E-state index in [-0.39, 0.29) is 24.2 Å². The maximum Gasteiger partial charge on any atom is 0.229 e. The number of benzene rings is 1. The second kappa shape index (κ2) is 7.33. The Kier molecular flexibility index (Phi) is 5.16. The standard InChI is InChI=1S/C19H27N3O3/c1-12-3-5-14(6-4-12)22-11-13(9-18(22)23)19(24)21-17-10-15(25-2)7-8-16(17)20/h7-8,10,12-14H,3-6,9,11,20H2,1-2H3,(H,21,24). The van der Waals surface area contributed by atoms with Gasteiger partial charge in [-0.25, -0.2) is 0 Å². The summed E-state index contributed by atoms with van der Waals surface area (Å²) >= 11 is 0. The van der Waals surface area contributed by atoms with E-state index < -0.39 is 0 Å². The van der Waals surface area contributed by atoms with E-state index in [1.54, 1.807) is 25.3 Å². The number of nitrogens with zero attached hydrogens (tertiary/aromatic N) is 1. The third kappa shape index (κ3) is 3.89. The van der Waals surface area contributed by atoms with Crippen LogP contribution in [0.4, 0.5) is 11.4 Å². The molecule has 1 unspecified atom stereocenters. The van der Waals surface area contributed by atoms with Gasteiger partial charge in [-0.3, -0.25) is 9.59 Å². The van der Waals surface area contributed by atoms with E-state index in [0.717, 1.165) is 31.6 Å². The van der Waals surface area contributed by atoms with Gasteiger partial charge in [-0.15, -0.1) is 0 Å². The molecular weight excluding hydrogens is 318 g/mol. The SMILES string of the molecule is COc1ccc(N)c(NC(=O)C2CC(=O)N(C3CCC(C)CC3)C2)c1. The lowest BCUT2D eigenvalue weighted by atomic mass is 9.87. The monoisotopic (exact) mass is 345 g/mol. The molecule has 2 amide bonds. The number of nitrogen functional groups attached to an aromatic ring is 1. The average molecular weight is 345 g/mol. The van der Waals surface area contributed by atoms with Gasteiger partial charge in [-0.05, 0) is 43.7 Å². The molecule has 136 valence electrons. The van der Waals surface area contributed by atoms with Crippen molar-refractivity contribution in [2.24, 2.45) is 11.8 Å². The highest BCUT2D eigenvalue weighted by Crippen LogP contribution is 2.32. The largest absolute Gasteiger partial charge is 0.497 e. The number of anilines is 2. The zero-order valence-electron chi connectivity index (χ0n) is 15.0. The molecule has 0 bridgehead atoms. The maximum absolute atomic E-state index is 12.6. The minimum Gasteiger partial charge on any atom is -0.497 e. The van der Waals surface area contributed by atoms with Crippen LogP contribution in [-0.2, 0) is 9.59 Å². The summed E-state index contributed by atoms with van der Waals surface area (Å²) < 4.78 is 5.17. The molecule has 6 heteroatoms. The number of likely N-dealkylation sites (tertiary alicyclic amines) is 1. The molecule has 0 spiro atoms. The van der Waals surface area contributed by atoms with Gasteiger partial charge in [0.05, 0.1) is 24.4 Å². The predicted octanol–water partition coefficient (Wildman–Crippen LogP) is 2.64. The zero-order valence-corrected chi connectivity index (χ0v) is 15.0. The third-order valence-corrected chi connectivity index (χ3v) is 5.47. The van der Waals surface area contributed by atoms with E-state index in [2.05, 4.69) is 12.2 Å². The lowest BCUT2D eigenvalue weighted by Crippen LogP contribution is -2.39. The molecule has 1 atom stereocenters. The van der Waals surface area contributed by atoms with Crippen LogP contribution in [0.2, 0.25) is 0 Å². The first-order chi connectivity index (χ1) is 12.0. The van der Waals surface area contributed by atoms with Gasteiger partial charge in [0.15, 0.2) is 0 Å². The molecule has 1 heterocycles. The van der Waals surface area contributed by atoms with E-state index in [1.165, 1.54) is 0 Å². The fraction of sp³-hybridized carbons (Fsp3) is 0.579. The van der Waals surface area contributed by atoms with Crippen LogP contribution in [0.1, 0.15) is 39.0 Å². The van der Waals surface area contributed by atoms with Crippen molar-refractivity contribution in [2.45, 2.75) is 45.1 Å². The Morgan fingerprint density at radius 2 is 2.00 bits per heavy atom. The van der Waals surface area contributed by atoms with E-state index in [4.69, 9.17) is 10.5 Å². The summed E-state index contributed by atoms with van der Waals surface area (Å²) in [6, 6.07) is 5.44. The van der Waals surface area contributed by atoms with E-state index in [0.29, 0.717) is 29.7 Å². The van der Waals surface area contributed by atoms with Crippen LogP contribution < -0.4 is 15.8 Å². The quantitative estimate of drug-likeness (QED) is 0.822. The van der Waals surface area contributed by atoms with Gasteiger partial charge in [0.1, 0.15) is 5.75 Å². The highest BCUT2D eigenvalue weighted by atomic mass is 16.5. The number of ether oxygens (including phenoxy) is 1. The van der Waals surface area contributed by atoms with Crippen molar-refractivity contribution in [3.8, 4) is 5.75 Å². The molecule has 6 nitrogen and oxygen atoms in total. The maximum atomic E-state index is 12.6. The molecule has 1 saturated heterocycles. The molecular formula is C19H27N3O3. The van der Waals surface area contributed by atoms with Crippen LogP contribution in [0.3, 0.4) is 0 Å². The lowest BCUT2D eigenvalue weighted by Gasteiger charge is -2.33. The Balaban J connectivity index is 1.63. The first-order valence-corrected chi connectivity index (χ1v) is 9.01. The topological polar surface area (TPSA) is 84.7 Å². The molecule has 0 radical (unpaired) electrons. The minimum atomic E-state index is -0.322. The van der Waals surface area contributed by atoms with E-state index in [9.17, 15) is 9.59 Å². The molecule has 2 aliphatic rings. The van der Waals surface area contributed by atoms with Gasteiger partial charge in [0.25, 0.3) is 0 Å². The molecule has 3 rings (SSSR count). The molecule has 1 aromatic carbocycles. The van der Waals surface area contributed by atoms with Crippen molar-refractivity contribution in [1.82, 2.24) is 4.90 Å². The Labute approximate surface area is 148 Å². The Hall–Kier alpha value is -2.24. The van der Waals surface area contributed by atoms with Crippen LogP contribution in [0, 0.1) is 11.8 Å². The summed E-state index contributed by atoms with van der Waals surface area (Å²) in [6.07, 6.45) is 4.69. The predicted molar refractivity (Wildman–Crippen MR) is 97.3 cm³/mol. The molecule has 1 aliphatic carbocycles. The Bertz CT molecular complexity index is 653. The van der Waals surface area contributed by atoms with Gasteiger partial charge < -0.3 is 20.7 Å². The van der Waals surface area contributed by atoms with Crippen molar-refractivity contribution in [3.63, 3.8) is 0 Å². The second-order valence-corrected chi connectivity index (χ2v) is 7.30. The Morgan fingerprint density at radius 3 is 2.68 bits per heavy atom. The summed E-state index contributed by atoms with van der Waals surface area (Å²) in [6.45, 7) is 2.77. The van der Waals surface area contributed by atoms with Gasteiger partial charge >= 0.3 is 0 Å². The molecule has 1 aliphatic heterocycles. The summed E-state index contributed by atoms with van der Waals surface area (Å²) in [5.41, 5.74) is 6.94. The fourth-order valence-corrected chi connectivity index (χ4v) is 3.82. The van der Waals surface area contributed by atoms with Gasteiger partial charge in [-0.2, -0.15) is 0 Å². The van der Waals surface area contributed by atoms with E-state index >= 15 is 0 Å². The van der Waals surface area contributed by atoms with Crippen LogP contribution in [-0.4, -0.2) is 36.4 Å². The number of rotatable bonds is 4. The van der Waals surface area contributed by atoms with Crippen LogP contribution in [0.15, 0.2) is 18.2 Å². The number of nitrogens with one attached hydrogen (secondary N) is 1. The molecule has 3 N–H and O–H groups in total. The van der Waals surface area contributed by atoms with Gasteiger partial charge in [-0.1, -0.05) is 6.92 Å². The zero-order chi connectivity index (χ0) is 18.0. The molecule has 1 aromatic rings. The van der Waals surface area contributed by atoms with Crippen molar-refractivity contribution in [1.29, 1.82) is 0 Å². The second-order valence-electron chi connectivity index (χ2n) is 7.30. The number of carbonyl (C=O) groups excluding carboxylic acids is 2. The summed E-state index contributed by atoms with van der Waals surface area (Å²) in [5, 5.41) is 2.86. The van der Waals surface area contributed by atoms with Crippen LogP contribution >= 0.6 is 0 Å². The first kappa shape index (κ1) is 17.6. The molecule has 1 saturated carbocycles. The van der Waals surface area contributed by atoms with Crippen molar-refractivity contribution >= 4 is 23.2 Å². The number of hydrogen-bond donors (Lipinski definition) is 2. The van der Waals surface area contributed by atoms with Gasteiger partial charge in [0.2, 0.25) is 11.8 Å². The van der Waals surface area contributed by atoms with Gasteiger partial charge in [0, 0.05) is 25.1 Å². The average Bonchev–Trinajstić information content (AvgIpc) is 2.99. The summed E-state index contributed by atoms with van der Waals surface area (Å²) in [4.78, 5) is 26.9. The van der Waals surface area contributed by atoms with Crippen molar-refractivity contribution in [2.75, 3.05) is 24.7 Å². The first-order valence-electron chi connectivity index (χ1n) is 9.01. The smallest absolute Gasteiger partial charge is 0.229 e. The van der Waals surface area contributed by atoms with Crippen LogP contribution in [0.5, 0.6) is 5.75 Å². The number of hydrogen-bond acceptors (Lipinski definition) is 4. The third-order valence-electron chi connectivity index (χ3n) is 5.47. The molecule has 2 fully saturated rings. The minimum absolute atomic E-state index is 0.0957. The van der Waals surface area contributed by atoms with E-state index in [1.807, 2.05) is 4.90 Å². The normalized spacial score (nSPS) is 26.6.